The van der Waals surface area contributed by atoms with Crippen LogP contribution in [0.1, 0.15) is 17.3 Å². The summed E-state index contributed by atoms with van der Waals surface area (Å²) in [4.78, 5) is 23.3. The zero-order valence-electron chi connectivity index (χ0n) is 9.60. The molecule has 1 atom stereocenters. The van der Waals surface area contributed by atoms with Crippen LogP contribution in [0.5, 0.6) is 5.75 Å². The molecule has 0 radical (unpaired) electrons. The number of carbonyl (C=O) groups is 2. The van der Waals surface area contributed by atoms with Gasteiger partial charge in [0.2, 0.25) is 0 Å². The van der Waals surface area contributed by atoms with E-state index >= 15 is 0 Å². The van der Waals surface area contributed by atoms with Crippen molar-refractivity contribution >= 4 is 34.3 Å². The number of hydrogen-bond acceptors (Lipinski definition) is 4. The average Bonchev–Trinajstić information content (AvgIpc) is 2.37. The molecule has 0 saturated carbocycles. The fourth-order valence-electron chi connectivity index (χ4n) is 1.22. The molecule has 0 fully saturated rings. The maximum atomic E-state index is 11.9. The smallest absolute Gasteiger partial charge is 0.326 e. The number of rotatable bonds is 5. The number of ether oxygens (including phenoxy) is 2. The number of esters is 1. The summed E-state index contributed by atoms with van der Waals surface area (Å²) in [5, 5.41) is 0. The van der Waals surface area contributed by atoms with Crippen LogP contribution in [0.4, 0.5) is 0 Å². The van der Waals surface area contributed by atoms with E-state index in [-0.39, 0.29) is 12.4 Å². The molecule has 17 heavy (non-hydrogen) atoms. The van der Waals surface area contributed by atoms with Gasteiger partial charge < -0.3 is 9.47 Å². The van der Waals surface area contributed by atoms with Crippen LogP contribution in [0.25, 0.3) is 0 Å². The molecule has 1 unspecified atom stereocenters. The predicted octanol–water partition coefficient (Wildman–Crippen LogP) is 2.24. The van der Waals surface area contributed by atoms with Gasteiger partial charge in [0.05, 0.1) is 13.7 Å². The molecule has 92 valence electrons. The molecular formula is C12H13IO4. The highest BCUT2D eigenvalue weighted by molar-refractivity contribution is 14.1. The second kappa shape index (κ2) is 6.58. The Morgan fingerprint density at radius 2 is 1.88 bits per heavy atom. The van der Waals surface area contributed by atoms with E-state index in [0.29, 0.717) is 11.3 Å². The summed E-state index contributed by atoms with van der Waals surface area (Å²) in [6.07, 6.45) is 0. The van der Waals surface area contributed by atoms with E-state index in [1.165, 1.54) is 0 Å². The molecule has 1 aromatic rings. The first kappa shape index (κ1) is 14.0. The van der Waals surface area contributed by atoms with Crippen molar-refractivity contribution in [3.63, 3.8) is 0 Å². The maximum absolute atomic E-state index is 11.9. The summed E-state index contributed by atoms with van der Waals surface area (Å²) in [5.74, 6) is -0.0942. The van der Waals surface area contributed by atoms with Crippen molar-refractivity contribution in [1.29, 1.82) is 0 Å². The fraction of sp³-hybridized carbons (Fsp3) is 0.333. The van der Waals surface area contributed by atoms with E-state index in [1.54, 1.807) is 60.9 Å². The third-order valence-electron chi connectivity index (χ3n) is 2.10. The Hall–Kier alpha value is -1.11. The first-order chi connectivity index (χ1) is 8.10. The van der Waals surface area contributed by atoms with Crippen molar-refractivity contribution < 1.29 is 19.1 Å². The SMILES string of the molecule is CCOC(=O)C(I)C(=O)c1ccc(OC)cc1. The van der Waals surface area contributed by atoms with Gasteiger partial charge in [0.15, 0.2) is 9.71 Å². The van der Waals surface area contributed by atoms with Crippen molar-refractivity contribution in [2.75, 3.05) is 13.7 Å². The van der Waals surface area contributed by atoms with Crippen LogP contribution < -0.4 is 4.74 Å². The van der Waals surface area contributed by atoms with Crippen LogP contribution in [0, 0.1) is 0 Å². The lowest BCUT2D eigenvalue weighted by atomic mass is 10.1. The highest BCUT2D eigenvalue weighted by Gasteiger charge is 2.25. The number of benzene rings is 1. The largest absolute Gasteiger partial charge is 0.497 e. The van der Waals surface area contributed by atoms with E-state index in [9.17, 15) is 9.59 Å². The maximum Gasteiger partial charge on any atom is 0.326 e. The monoisotopic (exact) mass is 348 g/mol. The van der Waals surface area contributed by atoms with E-state index < -0.39 is 9.89 Å². The average molecular weight is 348 g/mol. The zero-order chi connectivity index (χ0) is 12.8. The lowest BCUT2D eigenvalue weighted by Gasteiger charge is -2.08. The van der Waals surface area contributed by atoms with Crippen molar-refractivity contribution in [2.24, 2.45) is 0 Å². The molecule has 0 aliphatic heterocycles. The number of carbonyl (C=O) groups excluding carboxylic acids is 2. The molecule has 0 aromatic heterocycles. The van der Waals surface area contributed by atoms with E-state index in [1.807, 2.05) is 0 Å². The standard InChI is InChI=1S/C12H13IO4/c1-3-17-12(15)10(13)11(14)8-4-6-9(16-2)7-5-8/h4-7,10H,3H2,1-2H3. The summed E-state index contributed by atoms with van der Waals surface area (Å²) >= 11 is 1.78. The molecule has 0 spiro atoms. The number of halogens is 1. The Morgan fingerprint density at radius 3 is 2.35 bits per heavy atom. The summed E-state index contributed by atoms with van der Waals surface area (Å²) < 4.78 is 8.99. The van der Waals surface area contributed by atoms with Crippen LogP contribution in [0.3, 0.4) is 0 Å². The van der Waals surface area contributed by atoms with Gasteiger partial charge in [0.1, 0.15) is 5.75 Å². The van der Waals surface area contributed by atoms with Crippen LogP contribution in [-0.4, -0.2) is 29.4 Å². The van der Waals surface area contributed by atoms with Crippen molar-refractivity contribution in [1.82, 2.24) is 0 Å². The lowest BCUT2D eigenvalue weighted by molar-refractivity contribution is -0.141. The normalized spacial score (nSPS) is 11.7. The Labute approximate surface area is 113 Å². The van der Waals surface area contributed by atoms with Crippen molar-refractivity contribution in [2.45, 2.75) is 10.8 Å². The van der Waals surface area contributed by atoms with Gasteiger partial charge in [-0.25, -0.2) is 0 Å². The summed E-state index contributed by atoms with van der Waals surface area (Å²) in [6, 6.07) is 6.63. The van der Waals surface area contributed by atoms with Gasteiger partial charge in [-0.15, -0.1) is 0 Å². The van der Waals surface area contributed by atoms with E-state index in [0.717, 1.165) is 0 Å². The molecule has 0 bridgehead atoms. The number of alkyl halides is 1. The van der Waals surface area contributed by atoms with Crippen LogP contribution >= 0.6 is 22.6 Å². The Kier molecular flexibility index (Phi) is 5.40. The third-order valence-corrected chi connectivity index (χ3v) is 3.17. The molecule has 0 aliphatic carbocycles. The Balaban J connectivity index is 2.77. The first-order valence-electron chi connectivity index (χ1n) is 5.09. The molecule has 1 aromatic carbocycles. The molecule has 0 heterocycles. The highest BCUT2D eigenvalue weighted by Crippen LogP contribution is 2.16. The first-order valence-corrected chi connectivity index (χ1v) is 6.33. The van der Waals surface area contributed by atoms with E-state index in [2.05, 4.69) is 0 Å². The zero-order valence-corrected chi connectivity index (χ0v) is 11.8. The minimum atomic E-state index is -0.805. The third kappa shape index (κ3) is 3.69. The van der Waals surface area contributed by atoms with Gasteiger partial charge in [-0.05, 0) is 31.2 Å². The molecule has 0 aliphatic rings. The number of methoxy groups -OCH3 is 1. The molecule has 0 saturated heterocycles. The minimum Gasteiger partial charge on any atom is -0.497 e. The minimum absolute atomic E-state index is 0.258. The van der Waals surface area contributed by atoms with Crippen molar-refractivity contribution in [3.05, 3.63) is 29.8 Å². The molecular weight excluding hydrogens is 335 g/mol. The molecule has 0 amide bonds. The van der Waals surface area contributed by atoms with Crippen LogP contribution in [0.2, 0.25) is 0 Å². The molecule has 0 N–H and O–H groups in total. The predicted molar refractivity (Wildman–Crippen MR) is 71.8 cm³/mol. The lowest BCUT2D eigenvalue weighted by Crippen LogP contribution is -2.26. The second-order valence-corrected chi connectivity index (χ2v) is 4.45. The molecule has 5 heteroatoms. The van der Waals surface area contributed by atoms with Gasteiger partial charge in [0.25, 0.3) is 0 Å². The summed E-state index contributed by atoms with van der Waals surface area (Å²) in [7, 11) is 1.55. The summed E-state index contributed by atoms with van der Waals surface area (Å²) in [5.41, 5.74) is 0.471. The van der Waals surface area contributed by atoms with Gasteiger partial charge in [0, 0.05) is 5.56 Å². The summed E-state index contributed by atoms with van der Waals surface area (Å²) in [6.45, 7) is 1.98. The van der Waals surface area contributed by atoms with E-state index in [4.69, 9.17) is 9.47 Å². The Bertz CT molecular complexity index is 399. The number of ketones is 1. The highest BCUT2D eigenvalue weighted by atomic mass is 127. The van der Waals surface area contributed by atoms with Gasteiger partial charge in [-0.2, -0.15) is 0 Å². The number of hydrogen-bond donors (Lipinski definition) is 0. The fourth-order valence-corrected chi connectivity index (χ4v) is 1.76. The van der Waals surface area contributed by atoms with Crippen LogP contribution in [0.15, 0.2) is 24.3 Å². The van der Waals surface area contributed by atoms with Crippen molar-refractivity contribution in [3.8, 4) is 5.75 Å². The quantitative estimate of drug-likeness (QED) is 0.269. The topological polar surface area (TPSA) is 52.6 Å². The second-order valence-electron chi connectivity index (χ2n) is 3.21. The Morgan fingerprint density at radius 1 is 1.29 bits per heavy atom. The van der Waals surface area contributed by atoms with Gasteiger partial charge >= 0.3 is 5.97 Å². The molecule has 1 rings (SSSR count). The molecule has 4 nitrogen and oxygen atoms in total. The number of Topliss-reactive ketones (excluding diaryl/α,β-unsaturated/α-hetero) is 1. The van der Waals surface area contributed by atoms with Gasteiger partial charge in [-0.1, -0.05) is 22.6 Å². The van der Waals surface area contributed by atoms with Crippen LogP contribution in [-0.2, 0) is 9.53 Å². The van der Waals surface area contributed by atoms with Gasteiger partial charge in [-0.3, -0.25) is 9.59 Å².